The number of benzene rings is 1. The van der Waals surface area contributed by atoms with Crippen molar-refractivity contribution >= 4 is 28.6 Å². The molecule has 1 unspecified atom stereocenters. The summed E-state index contributed by atoms with van der Waals surface area (Å²) in [6.45, 7) is 6.73. The lowest BCUT2D eigenvalue weighted by atomic mass is 9.95. The zero-order valence-electron chi connectivity index (χ0n) is 19.6. The van der Waals surface area contributed by atoms with Crippen LogP contribution in [0.2, 0.25) is 0 Å². The van der Waals surface area contributed by atoms with Crippen LogP contribution in [-0.4, -0.2) is 13.1 Å². The first-order valence-corrected chi connectivity index (χ1v) is 12.7. The molecule has 5 heteroatoms. The fourth-order valence-electron chi connectivity index (χ4n) is 3.22. The van der Waals surface area contributed by atoms with Crippen molar-refractivity contribution in [2.24, 2.45) is 11.3 Å². The van der Waals surface area contributed by atoms with Crippen LogP contribution in [-0.2, 0) is 22.6 Å². The summed E-state index contributed by atoms with van der Waals surface area (Å²) in [5.41, 5.74) is 3.48. The Hall–Kier alpha value is -2.81. The summed E-state index contributed by atoms with van der Waals surface area (Å²) in [7, 11) is 1.43. The van der Waals surface area contributed by atoms with Crippen LogP contribution in [0.4, 0.5) is 0 Å². The maximum absolute atomic E-state index is 12.3. The maximum atomic E-state index is 12.3. The Labute approximate surface area is 205 Å². The van der Waals surface area contributed by atoms with Crippen molar-refractivity contribution in [3.8, 4) is 28.7 Å². The highest BCUT2D eigenvalue weighted by Gasteiger charge is 2.18. The number of carbonyl (C=O) groups excluding carboxylic acids is 1. The van der Waals surface area contributed by atoms with E-state index in [1.807, 2.05) is 36.4 Å². The Morgan fingerprint density at radius 2 is 2.00 bits per heavy atom. The molecule has 1 atom stereocenters. The third-order valence-electron chi connectivity index (χ3n) is 4.87. The zero-order valence-corrected chi connectivity index (χ0v) is 21.2. The van der Waals surface area contributed by atoms with Gasteiger partial charge in [-0.3, -0.25) is 4.79 Å². The minimum absolute atomic E-state index is 0.0406. The monoisotopic (exact) mass is 478 g/mol. The van der Waals surface area contributed by atoms with Crippen LogP contribution in [0.15, 0.2) is 64.7 Å². The van der Waals surface area contributed by atoms with E-state index >= 15 is 0 Å². The van der Waals surface area contributed by atoms with Gasteiger partial charge in [-0.25, -0.2) is 0 Å². The first kappa shape index (κ1) is 24.8. The van der Waals surface area contributed by atoms with Crippen LogP contribution in [0.25, 0.3) is 11.1 Å². The molecular weight excluding hydrogens is 448 g/mol. The van der Waals surface area contributed by atoms with Crippen molar-refractivity contribution in [2.75, 3.05) is 7.11 Å². The molecule has 0 aliphatic heterocycles. The second-order valence-corrected chi connectivity index (χ2v) is 10.6. The summed E-state index contributed by atoms with van der Waals surface area (Å²) < 4.78 is 11.1. The molecule has 0 radical (unpaired) electrons. The lowest BCUT2D eigenvalue weighted by Gasteiger charge is -2.13. The highest BCUT2D eigenvalue weighted by molar-refractivity contribution is 7.10. The third kappa shape index (κ3) is 8.24. The van der Waals surface area contributed by atoms with Crippen molar-refractivity contribution in [3.63, 3.8) is 0 Å². The number of esters is 1. The summed E-state index contributed by atoms with van der Waals surface area (Å²) in [4.78, 5) is 13.5. The molecule has 0 aliphatic rings. The smallest absolute Gasteiger partial charge is 0.309 e. The second kappa shape index (κ2) is 11.9. The molecule has 0 saturated heterocycles. The number of rotatable bonds is 9. The van der Waals surface area contributed by atoms with E-state index in [0.717, 1.165) is 11.3 Å². The Bertz CT molecular complexity index is 1120. The van der Waals surface area contributed by atoms with Crippen molar-refractivity contribution in [3.05, 3.63) is 75.1 Å². The largest absolute Gasteiger partial charge is 0.488 e. The van der Waals surface area contributed by atoms with Crippen LogP contribution in [0.3, 0.4) is 0 Å². The predicted octanol–water partition coefficient (Wildman–Crippen LogP) is 7.38. The minimum atomic E-state index is -0.261. The van der Waals surface area contributed by atoms with E-state index in [0.29, 0.717) is 19.4 Å². The number of carbonyl (C=O) groups is 1. The summed E-state index contributed by atoms with van der Waals surface area (Å²) in [5.74, 6) is 6.54. The number of methoxy groups -OCH3 is 1. The Morgan fingerprint density at radius 3 is 2.73 bits per heavy atom. The molecule has 33 heavy (non-hydrogen) atoms. The molecule has 2 heterocycles. The highest BCUT2D eigenvalue weighted by Crippen LogP contribution is 2.28. The first-order valence-electron chi connectivity index (χ1n) is 10.9. The van der Waals surface area contributed by atoms with E-state index < -0.39 is 0 Å². The average molecular weight is 479 g/mol. The molecular formula is C28H30O3S2. The van der Waals surface area contributed by atoms with Crippen LogP contribution >= 0.6 is 22.7 Å². The van der Waals surface area contributed by atoms with Gasteiger partial charge in [-0.15, -0.1) is 11.3 Å². The number of thiophene rings is 2. The zero-order chi connectivity index (χ0) is 23.7. The highest BCUT2D eigenvalue weighted by atomic mass is 32.1. The Morgan fingerprint density at radius 1 is 1.15 bits per heavy atom. The van der Waals surface area contributed by atoms with Crippen LogP contribution in [0, 0.1) is 23.2 Å². The van der Waals surface area contributed by atoms with E-state index in [1.165, 1.54) is 23.1 Å². The van der Waals surface area contributed by atoms with Gasteiger partial charge in [0.15, 0.2) is 0 Å². The third-order valence-corrected chi connectivity index (χ3v) is 6.47. The molecule has 0 N–H and O–H groups in total. The number of allylic oxidation sites excluding steroid dienone is 2. The molecule has 3 aromatic rings. The van der Waals surface area contributed by atoms with Crippen molar-refractivity contribution < 1.29 is 14.3 Å². The maximum Gasteiger partial charge on any atom is 0.309 e. The van der Waals surface area contributed by atoms with Crippen molar-refractivity contribution in [2.45, 2.75) is 40.2 Å². The molecule has 0 amide bonds. The van der Waals surface area contributed by atoms with Crippen LogP contribution < -0.4 is 4.74 Å². The molecule has 0 aliphatic carbocycles. The van der Waals surface area contributed by atoms with Gasteiger partial charge < -0.3 is 9.47 Å². The normalized spacial score (nSPS) is 12.2. The molecule has 172 valence electrons. The van der Waals surface area contributed by atoms with E-state index in [9.17, 15) is 4.79 Å². The minimum Gasteiger partial charge on any atom is -0.488 e. The summed E-state index contributed by atoms with van der Waals surface area (Å²) in [6.07, 6.45) is 4.94. The first-order chi connectivity index (χ1) is 15.8. The SMILES string of the molecule is COC(=O)C(CC=CC#CC(C)(C)C)Cc1cccc(OCc2cc(-c3ccsc3)cs2)c1. The average Bonchev–Trinajstić information content (AvgIpc) is 3.47. The van der Waals surface area contributed by atoms with Gasteiger partial charge in [0.05, 0.1) is 13.0 Å². The summed E-state index contributed by atoms with van der Waals surface area (Å²) in [6, 6.07) is 12.3. The molecule has 0 spiro atoms. The van der Waals surface area contributed by atoms with Gasteiger partial charge in [0.2, 0.25) is 0 Å². The summed E-state index contributed by atoms with van der Waals surface area (Å²) in [5, 5.41) is 6.41. The van der Waals surface area contributed by atoms with E-state index in [-0.39, 0.29) is 17.3 Å². The van der Waals surface area contributed by atoms with Crippen LogP contribution in [0.1, 0.15) is 37.6 Å². The predicted molar refractivity (Wildman–Crippen MR) is 139 cm³/mol. The van der Waals surface area contributed by atoms with Gasteiger partial charge in [0.25, 0.3) is 0 Å². The van der Waals surface area contributed by atoms with Gasteiger partial charge in [0.1, 0.15) is 12.4 Å². The standard InChI is InChI=1S/C28H30O3S2/c1-28(2,3)13-7-5-6-10-22(27(29)30-4)15-21-9-8-11-25(16-21)31-18-26-17-24(20-33-26)23-12-14-32-19-23/h5-6,8-9,11-12,14,16-17,19-20,22H,10,15,18H2,1-4H3. The van der Waals surface area contributed by atoms with Crippen molar-refractivity contribution in [1.82, 2.24) is 0 Å². The van der Waals surface area contributed by atoms with Crippen LogP contribution in [0.5, 0.6) is 5.75 Å². The van der Waals surface area contributed by atoms with E-state index in [4.69, 9.17) is 9.47 Å². The van der Waals surface area contributed by atoms with Gasteiger partial charge in [0, 0.05) is 10.3 Å². The van der Waals surface area contributed by atoms with Crippen molar-refractivity contribution in [1.29, 1.82) is 0 Å². The van der Waals surface area contributed by atoms with Gasteiger partial charge in [-0.1, -0.05) is 30.0 Å². The van der Waals surface area contributed by atoms with Gasteiger partial charge >= 0.3 is 5.97 Å². The van der Waals surface area contributed by atoms with Gasteiger partial charge in [-0.05, 0) is 96.8 Å². The molecule has 2 aromatic heterocycles. The molecule has 3 nitrogen and oxygen atoms in total. The summed E-state index contributed by atoms with van der Waals surface area (Å²) >= 11 is 3.40. The molecule has 3 rings (SSSR count). The Kier molecular flexibility index (Phi) is 8.94. The van der Waals surface area contributed by atoms with Gasteiger partial charge in [-0.2, -0.15) is 11.3 Å². The lowest BCUT2D eigenvalue weighted by Crippen LogP contribution is -2.18. The number of hydrogen-bond acceptors (Lipinski definition) is 5. The van der Waals surface area contributed by atoms with E-state index in [1.54, 1.807) is 22.7 Å². The molecule has 0 bridgehead atoms. The molecule has 1 aromatic carbocycles. The Balaban J connectivity index is 1.60. The lowest BCUT2D eigenvalue weighted by molar-refractivity contribution is -0.145. The molecule has 0 fully saturated rings. The number of hydrogen-bond donors (Lipinski definition) is 0. The number of ether oxygens (including phenoxy) is 2. The topological polar surface area (TPSA) is 35.5 Å². The quantitative estimate of drug-likeness (QED) is 0.238. The fourth-order valence-corrected chi connectivity index (χ4v) is 4.69. The second-order valence-electron chi connectivity index (χ2n) is 8.83. The molecule has 0 saturated carbocycles. The fraction of sp³-hybridized carbons (Fsp3) is 0.321. The van der Waals surface area contributed by atoms with E-state index in [2.05, 4.69) is 60.9 Å².